The monoisotopic (exact) mass is 396 g/mol. The molecule has 1 aromatic carbocycles. The molecule has 0 saturated heterocycles. The second-order valence-corrected chi connectivity index (χ2v) is 6.28. The highest BCUT2D eigenvalue weighted by Gasteiger charge is 2.21. The number of tetrazole rings is 1. The summed E-state index contributed by atoms with van der Waals surface area (Å²) in [4.78, 5) is 37.4. The van der Waals surface area contributed by atoms with Crippen molar-refractivity contribution in [3.05, 3.63) is 50.0 Å². The van der Waals surface area contributed by atoms with Gasteiger partial charge in [-0.25, -0.2) is 9.89 Å². The number of carbonyl (C=O) groups excluding carboxylic acids is 1. The Morgan fingerprint density at radius 1 is 1.07 bits per heavy atom. The lowest BCUT2D eigenvalue weighted by molar-refractivity contribution is 0.0490. The van der Waals surface area contributed by atoms with Gasteiger partial charge in [0, 0.05) is 17.7 Å². The fraction of sp³-hybridized carbons (Fsp3) is 0.263. The van der Waals surface area contributed by atoms with Gasteiger partial charge < -0.3 is 13.6 Å². The Hall–Kier alpha value is -3.82. The Morgan fingerprint density at radius 2 is 1.79 bits per heavy atom. The molecular weight excluding hydrogens is 380 g/mol. The van der Waals surface area contributed by atoms with E-state index in [1.807, 2.05) is 6.92 Å². The third kappa shape index (κ3) is 3.18. The van der Waals surface area contributed by atoms with Gasteiger partial charge in [-0.15, -0.1) is 5.10 Å². The molecule has 0 saturated carbocycles. The minimum absolute atomic E-state index is 0.142. The van der Waals surface area contributed by atoms with E-state index in [1.54, 1.807) is 6.92 Å². The first-order valence-corrected chi connectivity index (χ1v) is 9.02. The lowest BCUT2D eigenvalue weighted by atomic mass is 10.0. The predicted molar refractivity (Wildman–Crippen MR) is 102 cm³/mol. The largest absolute Gasteiger partial charge is 0.460 e. The van der Waals surface area contributed by atoms with Gasteiger partial charge in [-0.2, -0.15) is 0 Å². The summed E-state index contributed by atoms with van der Waals surface area (Å²) in [6.45, 7) is 3.73. The van der Waals surface area contributed by atoms with Crippen molar-refractivity contribution in [3.8, 4) is 11.6 Å². The van der Waals surface area contributed by atoms with Crippen LogP contribution in [0.4, 0.5) is 0 Å². The van der Waals surface area contributed by atoms with Gasteiger partial charge in [0.05, 0.1) is 17.4 Å². The van der Waals surface area contributed by atoms with Gasteiger partial charge in [0.1, 0.15) is 11.2 Å². The van der Waals surface area contributed by atoms with E-state index in [4.69, 9.17) is 13.6 Å². The molecule has 0 amide bonds. The quantitative estimate of drug-likeness (QED) is 0.397. The van der Waals surface area contributed by atoms with Crippen molar-refractivity contribution in [1.82, 2.24) is 20.6 Å². The lowest BCUT2D eigenvalue weighted by Crippen LogP contribution is -2.12. The van der Waals surface area contributed by atoms with Gasteiger partial charge >= 0.3 is 5.97 Å². The number of aromatic amines is 1. The molecule has 0 unspecified atom stereocenters. The van der Waals surface area contributed by atoms with E-state index < -0.39 is 11.4 Å². The van der Waals surface area contributed by atoms with Crippen LogP contribution in [0, 0.1) is 0 Å². The zero-order valence-electron chi connectivity index (χ0n) is 15.6. The highest BCUT2D eigenvalue weighted by molar-refractivity contribution is 5.98. The molecule has 0 spiro atoms. The molecule has 29 heavy (non-hydrogen) atoms. The molecule has 4 aromatic rings. The zero-order valence-corrected chi connectivity index (χ0v) is 15.6. The van der Waals surface area contributed by atoms with Crippen molar-refractivity contribution in [3.63, 3.8) is 0 Å². The number of benzene rings is 1. The summed E-state index contributed by atoms with van der Waals surface area (Å²) in [6, 6.07) is 3.73. The van der Waals surface area contributed by atoms with Gasteiger partial charge in [0.25, 0.3) is 0 Å². The Balaban J connectivity index is 2.09. The number of hydrogen-bond donors (Lipinski definition) is 1. The number of carbonyl (C=O) groups is 1. The fourth-order valence-corrected chi connectivity index (χ4v) is 3.14. The Bertz CT molecular complexity index is 1340. The van der Waals surface area contributed by atoms with Crippen molar-refractivity contribution in [2.24, 2.45) is 0 Å². The molecule has 0 bridgehead atoms. The van der Waals surface area contributed by atoms with Crippen LogP contribution in [0.2, 0.25) is 0 Å². The lowest BCUT2D eigenvalue weighted by Gasteiger charge is -2.10. The molecule has 3 heterocycles. The predicted octanol–water partition coefficient (Wildman–Crippen LogP) is 2.21. The van der Waals surface area contributed by atoms with Crippen LogP contribution < -0.4 is 10.9 Å². The SMILES string of the molecule is CCCc1c2oc(C(=O)OCC)cc(=O)c2cc2c(=O)cc(-c3nnn[nH]3)oc12. The van der Waals surface area contributed by atoms with E-state index in [0.29, 0.717) is 18.4 Å². The molecule has 1 N–H and O–H groups in total. The maximum Gasteiger partial charge on any atom is 0.374 e. The van der Waals surface area contributed by atoms with Crippen molar-refractivity contribution in [1.29, 1.82) is 0 Å². The molecule has 4 rings (SSSR count). The van der Waals surface area contributed by atoms with E-state index in [9.17, 15) is 14.4 Å². The van der Waals surface area contributed by atoms with E-state index in [-0.39, 0.29) is 51.3 Å². The van der Waals surface area contributed by atoms with Crippen LogP contribution in [-0.4, -0.2) is 33.2 Å². The van der Waals surface area contributed by atoms with Crippen LogP contribution >= 0.6 is 0 Å². The maximum atomic E-state index is 12.7. The van der Waals surface area contributed by atoms with Gasteiger partial charge in [0.15, 0.2) is 16.6 Å². The summed E-state index contributed by atoms with van der Waals surface area (Å²) in [5.74, 6) is -0.614. The van der Waals surface area contributed by atoms with Crippen molar-refractivity contribution in [2.75, 3.05) is 6.61 Å². The molecule has 0 radical (unpaired) electrons. The maximum absolute atomic E-state index is 12.7. The average molecular weight is 396 g/mol. The van der Waals surface area contributed by atoms with Crippen LogP contribution in [0.3, 0.4) is 0 Å². The highest BCUT2D eigenvalue weighted by atomic mass is 16.5. The number of esters is 1. The third-order valence-corrected chi connectivity index (χ3v) is 4.36. The fourth-order valence-electron chi connectivity index (χ4n) is 3.14. The van der Waals surface area contributed by atoms with Crippen LogP contribution in [0.15, 0.2) is 36.6 Å². The Morgan fingerprint density at radius 3 is 2.45 bits per heavy atom. The molecule has 0 aliphatic rings. The first kappa shape index (κ1) is 18.5. The minimum Gasteiger partial charge on any atom is -0.460 e. The number of hydrogen-bond acceptors (Lipinski definition) is 9. The van der Waals surface area contributed by atoms with Crippen molar-refractivity contribution < 1.29 is 18.4 Å². The summed E-state index contributed by atoms with van der Waals surface area (Å²) >= 11 is 0. The van der Waals surface area contributed by atoms with E-state index in [0.717, 1.165) is 6.07 Å². The van der Waals surface area contributed by atoms with Crippen molar-refractivity contribution in [2.45, 2.75) is 26.7 Å². The van der Waals surface area contributed by atoms with Crippen LogP contribution in [-0.2, 0) is 11.2 Å². The van der Waals surface area contributed by atoms with Gasteiger partial charge in [0.2, 0.25) is 11.6 Å². The van der Waals surface area contributed by atoms with Gasteiger partial charge in [-0.1, -0.05) is 13.3 Å². The Kier molecular flexibility index (Phi) is 4.67. The first-order valence-electron chi connectivity index (χ1n) is 9.02. The number of fused-ring (bicyclic) bond motifs is 2. The second kappa shape index (κ2) is 7.30. The number of H-pyrrole nitrogens is 1. The van der Waals surface area contributed by atoms with Crippen LogP contribution in [0.25, 0.3) is 33.5 Å². The summed E-state index contributed by atoms with van der Waals surface area (Å²) in [5.41, 5.74) is 0.144. The van der Waals surface area contributed by atoms with E-state index >= 15 is 0 Å². The molecule has 0 fully saturated rings. The summed E-state index contributed by atoms with van der Waals surface area (Å²) < 4.78 is 16.6. The number of aromatic nitrogens is 4. The summed E-state index contributed by atoms with van der Waals surface area (Å²) in [5, 5.41) is 13.7. The zero-order chi connectivity index (χ0) is 20.5. The number of aryl methyl sites for hydroxylation is 1. The van der Waals surface area contributed by atoms with E-state index in [2.05, 4.69) is 20.6 Å². The molecule has 148 valence electrons. The molecule has 3 aromatic heterocycles. The standard InChI is InChI=1S/C19H16N4O6/c1-3-5-9-16-10(12(24)7-14(28-16)18-20-22-23-21-18)6-11-13(25)8-15(29-17(9)11)19(26)27-4-2/h6-8H,3-5H2,1-2H3,(H,20,21,22,23). The van der Waals surface area contributed by atoms with Gasteiger partial charge in [-0.05, 0) is 29.8 Å². The molecule has 0 aliphatic heterocycles. The topological polar surface area (TPSA) is 141 Å². The smallest absolute Gasteiger partial charge is 0.374 e. The summed E-state index contributed by atoms with van der Waals surface area (Å²) in [6.07, 6.45) is 1.13. The highest BCUT2D eigenvalue weighted by Crippen LogP contribution is 2.29. The van der Waals surface area contributed by atoms with Gasteiger partial charge in [-0.3, -0.25) is 9.59 Å². The molecule has 0 aliphatic carbocycles. The second-order valence-electron chi connectivity index (χ2n) is 6.28. The Labute approximate surface area is 162 Å². The third-order valence-electron chi connectivity index (χ3n) is 4.36. The number of rotatable bonds is 5. The molecule has 10 nitrogen and oxygen atoms in total. The first-order chi connectivity index (χ1) is 14.0. The molecule has 10 heteroatoms. The molecular formula is C19H16N4O6. The minimum atomic E-state index is -0.739. The normalized spacial score (nSPS) is 11.2. The molecule has 0 atom stereocenters. The van der Waals surface area contributed by atoms with Crippen LogP contribution in [0.1, 0.15) is 36.4 Å². The van der Waals surface area contributed by atoms with E-state index in [1.165, 1.54) is 12.1 Å². The number of ether oxygens (including phenoxy) is 1. The average Bonchev–Trinajstić information content (AvgIpc) is 3.24. The number of nitrogens with one attached hydrogen (secondary N) is 1. The van der Waals surface area contributed by atoms with Crippen LogP contribution in [0.5, 0.6) is 0 Å². The van der Waals surface area contributed by atoms with Crippen molar-refractivity contribution >= 4 is 27.9 Å². The number of nitrogens with zero attached hydrogens (tertiary/aromatic N) is 3. The summed E-state index contributed by atoms with van der Waals surface area (Å²) in [7, 11) is 0.